The number of likely N-dealkylation sites (tertiary alicyclic amines) is 1. The number of hydrogen-bond donors (Lipinski definition) is 2. The van der Waals surface area contributed by atoms with E-state index in [1.165, 1.54) is 25.9 Å². The molecule has 1 aromatic carbocycles. The summed E-state index contributed by atoms with van der Waals surface area (Å²) >= 11 is 11.2. The summed E-state index contributed by atoms with van der Waals surface area (Å²) in [5, 5.41) is 4.11. The van der Waals surface area contributed by atoms with E-state index in [4.69, 9.17) is 29.6 Å². The fourth-order valence-electron chi connectivity index (χ4n) is 2.33. The normalized spacial score (nSPS) is 17.4. The predicted octanol–water partition coefficient (Wildman–Crippen LogP) is 2.73. The molecule has 0 amide bonds. The van der Waals surface area contributed by atoms with Crippen molar-refractivity contribution in [1.29, 1.82) is 0 Å². The third-order valence-corrected chi connectivity index (χ3v) is 4.22. The molecule has 1 aliphatic heterocycles. The van der Waals surface area contributed by atoms with Gasteiger partial charge in [-0.15, -0.1) is 0 Å². The Bertz CT molecular complexity index is 456. The van der Waals surface area contributed by atoms with Gasteiger partial charge >= 0.3 is 0 Å². The molecule has 2 rings (SSSR count). The lowest BCUT2D eigenvalue weighted by atomic mass is 9.97. The van der Waals surface area contributed by atoms with E-state index in [2.05, 4.69) is 17.3 Å². The van der Waals surface area contributed by atoms with Crippen molar-refractivity contribution in [3.05, 3.63) is 28.8 Å². The number of nitrogens with one attached hydrogen (secondary N) is 1. The quantitative estimate of drug-likeness (QED) is 0.839. The van der Waals surface area contributed by atoms with Crippen LogP contribution < -0.4 is 11.1 Å². The van der Waals surface area contributed by atoms with Crippen molar-refractivity contribution in [2.24, 2.45) is 11.7 Å². The van der Waals surface area contributed by atoms with Gasteiger partial charge in [0.25, 0.3) is 0 Å². The molecular weight excluding hydrogens is 278 g/mol. The Kier molecular flexibility index (Phi) is 5.02. The Morgan fingerprint density at radius 2 is 2.16 bits per heavy atom. The summed E-state index contributed by atoms with van der Waals surface area (Å²) in [6.45, 7) is 3.33. The average Bonchev–Trinajstić information content (AvgIpc) is 2.39. The highest BCUT2D eigenvalue weighted by molar-refractivity contribution is 7.80. The van der Waals surface area contributed by atoms with Crippen LogP contribution in [-0.2, 0) is 0 Å². The molecule has 0 aromatic heterocycles. The highest BCUT2D eigenvalue weighted by Gasteiger charge is 2.16. The SMILES string of the molecule is CN1CCC(CNc2ccc(C(N)=S)cc2Cl)CC1. The first-order valence-corrected chi connectivity index (χ1v) is 7.36. The summed E-state index contributed by atoms with van der Waals surface area (Å²) in [5.74, 6) is 0.725. The van der Waals surface area contributed by atoms with E-state index in [0.29, 0.717) is 10.0 Å². The van der Waals surface area contributed by atoms with Gasteiger partial charge in [0.15, 0.2) is 0 Å². The number of nitrogens with two attached hydrogens (primary N) is 1. The fraction of sp³-hybridized carbons (Fsp3) is 0.500. The zero-order valence-corrected chi connectivity index (χ0v) is 12.7. The number of rotatable bonds is 4. The van der Waals surface area contributed by atoms with E-state index < -0.39 is 0 Å². The van der Waals surface area contributed by atoms with Crippen LogP contribution in [0.2, 0.25) is 5.02 Å². The lowest BCUT2D eigenvalue weighted by Gasteiger charge is -2.29. The second-order valence-corrected chi connectivity index (χ2v) is 6.03. The standard InChI is InChI=1S/C14H20ClN3S/c1-18-6-4-10(5-7-18)9-17-13-3-2-11(14(16)19)8-12(13)15/h2-3,8,10,17H,4-7,9H2,1H3,(H2,16,19). The summed E-state index contributed by atoms with van der Waals surface area (Å²) in [6, 6.07) is 5.68. The molecule has 0 unspecified atom stereocenters. The van der Waals surface area contributed by atoms with Crippen molar-refractivity contribution >= 4 is 34.5 Å². The molecule has 104 valence electrons. The first-order valence-electron chi connectivity index (χ1n) is 6.58. The minimum Gasteiger partial charge on any atom is -0.389 e. The lowest BCUT2D eigenvalue weighted by Crippen LogP contribution is -2.32. The van der Waals surface area contributed by atoms with Crippen LogP contribution in [0.1, 0.15) is 18.4 Å². The summed E-state index contributed by atoms with van der Waals surface area (Å²) < 4.78 is 0. The van der Waals surface area contributed by atoms with E-state index in [1.54, 1.807) is 0 Å². The van der Waals surface area contributed by atoms with Gasteiger partial charge in [0.05, 0.1) is 10.7 Å². The number of anilines is 1. The van der Waals surface area contributed by atoms with Gasteiger partial charge < -0.3 is 16.0 Å². The molecule has 1 aliphatic rings. The van der Waals surface area contributed by atoms with Crippen molar-refractivity contribution in [3.8, 4) is 0 Å². The fourth-order valence-corrected chi connectivity index (χ4v) is 2.71. The molecular formula is C14H20ClN3S. The highest BCUT2D eigenvalue weighted by Crippen LogP contribution is 2.24. The first kappa shape index (κ1) is 14.6. The van der Waals surface area contributed by atoms with E-state index in [9.17, 15) is 0 Å². The van der Waals surface area contributed by atoms with Crippen molar-refractivity contribution in [1.82, 2.24) is 4.90 Å². The minimum atomic E-state index is 0.378. The Morgan fingerprint density at radius 1 is 1.47 bits per heavy atom. The maximum atomic E-state index is 6.23. The third-order valence-electron chi connectivity index (χ3n) is 3.67. The molecule has 19 heavy (non-hydrogen) atoms. The Balaban J connectivity index is 1.91. The zero-order chi connectivity index (χ0) is 13.8. The third kappa shape index (κ3) is 4.06. The zero-order valence-electron chi connectivity index (χ0n) is 11.2. The Labute approximate surface area is 125 Å². The molecule has 1 fully saturated rings. The molecule has 0 radical (unpaired) electrons. The van der Waals surface area contributed by atoms with Crippen LogP contribution >= 0.6 is 23.8 Å². The molecule has 0 bridgehead atoms. The summed E-state index contributed by atoms with van der Waals surface area (Å²) in [6.07, 6.45) is 2.48. The maximum Gasteiger partial charge on any atom is 0.104 e. The molecule has 1 aromatic rings. The van der Waals surface area contributed by atoms with Crippen LogP contribution in [-0.4, -0.2) is 36.6 Å². The topological polar surface area (TPSA) is 41.3 Å². The molecule has 1 saturated heterocycles. The summed E-state index contributed by atoms with van der Waals surface area (Å²) in [7, 11) is 2.18. The number of thiocarbonyl (C=S) groups is 1. The molecule has 0 aliphatic carbocycles. The van der Waals surface area contributed by atoms with Crippen molar-refractivity contribution in [3.63, 3.8) is 0 Å². The number of benzene rings is 1. The molecule has 0 spiro atoms. The highest BCUT2D eigenvalue weighted by atomic mass is 35.5. The minimum absolute atomic E-state index is 0.378. The largest absolute Gasteiger partial charge is 0.389 e. The number of nitrogens with zero attached hydrogens (tertiary/aromatic N) is 1. The van der Waals surface area contributed by atoms with Gasteiger partial charge in [-0.25, -0.2) is 0 Å². The van der Waals surface area contributed by atoms with Gasteiger partial charge in [0.2, 0.25) is 0 Å². The van der Waals surface area contributed by atoms with Gasteiger partial charge in [0.1, 0.15) is 4.99 Å². The monoisotopic (exact) mass is 297 g/mol. The van der Waals surface area contributed by atoms with E-state index in [0.717, 1.165) is 23.7 Å². The Morgan fingerprint density at radius 3 is 2.74 bits per heavy atom. The van der Waals surface area contributed by atoms with E-state index in [1.807, 2.05) is 18.2 Å². The van der Waals surface area contributed by atoms with Gasteiger partial charge in [-0.1, -0.05) is 23.8 Å². The summed E-state index contributed by atoms with van der Waals surface area (Å²) in [4.78, 5) is 2.75. The molecule has 3 nitrogen and oxygen atoms in total. The first-order chi connectivity index (χ1) is 9.06. The van der Waals surface area contributed by atoms with Crippen LogP contribution in [0.5, 0.6) is 0 Å². The molecule has 5 heteroatoms. The van der Waals surface area contributed by atoms with Gasteiger partial charge in [-0.2, -0.15) is 0 Å². The smallest absolute Gasteiger partial charge is 0.104 e. The van der Waals surface area contributed by atoms with Gasteiger partial charge in [0, 0.05) is 12.1 Å². The number of hydrogen-bond acceptors (Lipinski definition) is 3. The number of piperidine rings is 1. The lowest BCUT2D eigenvalue weighted by molar-refractivity contribution is 0.226. The molecule has 0 saturated carbocycles. The molecule has 3 N–H and O–H groups in total. The number of halogens is 1. The van der Waals surface area contributed by atoms with Crippen molar-refractivity contribution < 1.29 is 0 Å². The van der Waals surface area contributed by atoms with Crippen LogP contribution in [0.4, 0.5) is 5.69 Å². The van der Waals surface area contributed by atoms with Crippen molar-refractivity contribution in [2.45, 2.75) is 12.8 Å². The second kappa shape index (κ2) is 6.55. The van der Waals surface area contributed by atoms with Crippen molar-refractivity contribution in [2.75, 3.05) is 32.0 Å². The van der Waals surface area contributed by atoms with E-state index >= 15 is 0 Å². The average molecular weight is 298 g/mol. The van der Waals surface area contributed by atoms with Crippen LogP contribution in [0.3, 0.4) is 0 Å². The van der Waals surface area contributed by atoms with Gasteiger partial charge in [-0.3, -0.25) is 0 Å². The molecule has 0 atom stereocenters. The van der Waals surface area contributed by atoms with Crippen LogP contribution in [0.15, 0.2) is 18.2 Å². The van der Waals surface area contributed by atoms with E-state index in [-0.39, 0.29) is 0 Å². The maximum absolute atomic E-state index is 6.23. The van der Waals surface area contributed by atoms with Crippen LogP contribution in [0, 0.1) is 5.92 Å². The van der Waals surface area contributed by atoms with Gasteiger partial charge in [-0.05, 0) is 57.1 Å². The predicted molar refractivity (Wildman–Crippen MR) is 86.1 cm³/mol. The summed E-state index contributed by atoms with van der Waals surface area (Å²) in [5.41, 5.74) is 7.35. The molecule has 1 heterocycles. The second-order valence-electron chi connectivity index (χ2n) is 5.19. The van der Waals surface area contributed by atoms with Crippen LogP contribution in [0.25, 0.3) is 0 Å². The Hall–Kier alpha value is -0.840.